The molecule has 2 aromatic rings. The van der Waals surface area contributed by atoms with Crippen molar-refractivity contribution in [1.82, 2.24) is 4.57 Å². The summed E-state index contributed by atoms with van der Waals surface area (Å²) in [5, 5.41) is 3.17. The van der Waals surface area contributed by atoms with Gasteiger partial charge in [-0.1, -0.05) is 17.7 Å². The average Bonchev–Trinajstić information content (AvgIpc) is 2.83. The Hall–Kier alpha value is -2.27. The SMILES string of the molecule is Cc1cc(C)c(NC(=O)COC(=O)c2cc(C)n(C(C)C)c2C)c(Cl)c1. The van der Waals surface area contributed by atoms with Gasteiger partial charge >= 0.3 is 5.97 Å². The first kappa shape index (κ1) is 20.0. The molecule has 5 nitrogen and oxygen atoms in total. The number of aryl methyl sites for hydroxylation is 3. The number of carbonyl (C=O) groups is 2. The number of amides is 1. The predicted octanol–water partition coefficient (Wildman–Crippen LogP) is 4.75. The van der Waals surface area contributed by atoms with Crippen molar-refractivity contribution in [3.05, 3.63) is 51.3 Å². The summed E-state index contributed by atoms with van der Waals surface area (Å²) >= 11 is 6.18. The van der Waals surface area contributed by atoms with E-state index in [0.717, 1.165) is 22.5 Å². The van der Waals surface area contributed by atoms with Crippen LogP contribution in [-0.2, 0) is 9.53 Å². The number of hydrogen-bond donors (Lipinski definition) is 1. The summed E-state index contributed by atoms with van der Waals surface area (Å²) in [7, 11) is 0. The molecule has 0 atom stereocenters. The van der Waals surface area contributed by atoms with E-state index in [4.69, 9.17) is 16.3 Å². The topological polar surface area (TPSA) is 60.3 Å². The molecule has 140 valence electrons. The molecule has 1 heterocycles. The summed E-state index contributed by atoms with van der Waals surface area (Å²) in [5.74, 6) is -0.934. The van der Waals surface area contributed by atoms with Crippen LogP contribution < -0.4 is 5.32 Å². The third kappa shape index (κ3) is 4.28. The van der Waals surface area contributed by atoms with Gasteiger partial charge in [0.25, 0.3) is 5.91 Å². The molecule has 0 unspecified atom stereocenters. The van der Waals surface area contributed by atoms with Gasteiger partial charge < -0.3 is 14.6 Å². The summed E-state index contributed by atoms with van der Waals surface area (Å²) in [6.07, 6.45) is 0. The van der Waals surface area contributed by atoms with E-state index >= 15 is 0 Å². The van der Waals surface area contributed by atoms with Crippen molar-refractivity contribution in [1.29, 1.82) is 0 Å². The zero-order chi connectivity index (χ0) is 19.6. The molecule has 0 spiro atoms. The van der Waals surface area contributed by atoms with Gasteiger partial charge in [-0.25, -0.2) is 4.79 Å². The molecule has 0 aliphatic heterocycles. The molecule has 0 fully saturated rings. The minimum atomic E-state index is -0.508. The molecule has 0 radical (unpaired) electrons. The molecule has 1 aromatic carbocycles. The minimum absolute atomic E-state index is 0.242. The molecule has 26 heavy (non-hydrogen) atoms. The highest BCUT2D eigenvalue weighted by Gasteiger charge is 2.19. The average molecular weight is 377 g/mol. The second-order valence-electron chi connectivity index (χ2n) is 6.81. The molecule has 0 saturated carbocycles. The minimum Gasteiger partial charge on any atom is -0.452 e. The van der Waals surface area contributed by atoms with Crippen LogP contribution in [0.3, 0.4) is 0 Å². The first-order chi connectivity index (χ1) is 12.1. The molecule has 1 N–H and O–H groups in total. The zero-order valence-electron chi connectivity index (χ0n) is 16.1. The lowest BCUT2D eigenvalue weighted by atomic mass is 10.1. The zero-order valence-corrected chi connectivity index (χ0v) is 16.8. The van der Waals surface area contributed by atoms with Gasteiger partial charge in [0.1, 0.15) is 0 Å². The van der Waals surface area contributed by atoms with Gasteiger partial charge in [-0.3, -0.25) is 4.79 Å². The number of carbonyl (C=O) groups excluding carboxylic acids is 2. The second-order valence-corrected chi connectivity index (χ2v) is 7.22. The van der Waals surface area contributed by atoms with E-state index in [9.17, 15) is 9.59 Å². The van der Waals surface area contributed by atoms with Crippen LogP contribution in [0.15, 0.2) is 18.2 Å². The van der Waals surface area contributed by atoms with Crippen molar-refractivity contribution in [3.8, 4) is 0 Å². The number of aromatic nitrogens is 1. The fourth-order valence-electron chi connectivity index (χ4n) is 3.24. The monoisotopic (exact) mass is 376 g/mol. The fourth-order valence-corrected chi connectivity index (χ4v) is 3.61. The Morgan fingerprint density at radius 2 is 1.81 bits per heavy atom. The molecule has 1 amide bonds. The largest absolute Gasteiger partial charge is 0.452 e. The number of ether oxygens (including phenoxy) is 1. The highest BCUT2D eigenvalue weighted by Crippen LogP contribution is 2.27. The second kappa shape index (κ2) is 7.96. The van der Waals surface area contributed by atoms with E-state index in [1.807, 2.05) is 33.8 Å². The van der Waals surface area contributed by atoms with Crippen LogP contribution in [0, 0.1) is 27.7 Å². The molecular weight excluding hydrogens is 352 g/mol. The van der Waals surface area contributed by atoms with Crippen LogP contribution >= 0.6 is 11.6 Å². The predicted molar refractivity (Wildman–Crippen MR) is 104 cm³/mol. The van der Waals surface area contributed by atoms with Gasteiger partial charge in [-0.15, -0.1) is 0 Å². The van der Waals surface area contributed by atoms with Crippen molar-refractivity contribution >= 4 is 29.2 Å². The fraction of sp³-hybridized carbons (Fsp3) is 0.400. The Morgan fingerprint density at radius 1 is 1.15 bits per heavy atom. The third-order valence-corrected chi connectivity index (χ3v) is 4.55. The van der Waals surface area contributed by atoms with E-state index < -0.39 is 11.9 Å². The van der Waals surface area contributed by atoms with Crippen molar-refractivity contribution < 1.29 is 14.3 Å². The van der Waals surface area contributed by atoms with Crippen LogP contribution in [0.2, 0.25) is 5.02 Å². The molecule has 0 bridgehead atoms. The maximum Gasteiger partial charge on any atom is 0.340 e. The van der Waals surface area contributed by atoms with Gasteiger partial charge in [0, 0.05) is 17.4 Å². The summed E-state index contributed by atoms with van der Waals surface area (Å²) in [6.45, 7) is 11.3. The molecule has 1 aromatic heterocycles. The quantitative estimate of drug-likeness (QED) is 0.766. The third-order valence-electron chi connectivity index (χ3n) is 4.25. The maximum atomic E-state index is 12.3. The molecule has 0 aliphatic rings. The lowest BCUT2D eigenvalue weighted by molar-refractivity contribution is -0.119. The highest BCUT2D eigenvalue weighted by molar-refractivity contribution is 6.34. The Labute approximate surface area is 159 Å². The smallest absolute Gasteiger partial charge is 0.340 e. The van der Waals surface area contributed by atoms with Crippen molar-refractivity contribution in [3.63, 3.8) is 0 Å². The van der Waals surface area contributed by atoms with Gasteiger partial charge in [0.05, 0.1) is 16.3 Å². The number of hydrogen-bond acceptors (Lipinski definition) is 3. The molecule has 0 saturated heterocycles. The number of nitrogens with one attached hydrogen (secondary N) is 1. The Morgan fingerprint density at radius 3 is 2.35 bits per heavy atom. The maximum absolute atomic E-state index is 12.3. The number of halogens is 1. The van der Waals surface area contributed by atoms with Crippen LogP contribution in [-0.4, -0.2) is 23.1 Å². The van der Waals surface area contributed by atoms with Gasteiger partial charge in [-0.05, 0) is 64.8 Å². The summed E-state index contributed by atoms with van der Waals surface area (Å²) in [4.78, 5) is 24.5. The number of nitrogens with zero attached hydrogens (tertiary/aromatic N) is 1. The van der Waals surface area contributed by atoms with Gasteiger partial charge in [0.2, 0.25) is 0 Å². The van der Waals surface area contributed by atoms with Crippen molar-refractivity contribution in [2.75, 3.05) is 11.9 Å². The van der Waals surface area contributed by atoms with Crippen molar-refractivity contribution in [2.24, 2.45) is 0 Å². The highest BCUT2D eigenvalue weighted by atomic mass is 35.5. The van der Waals surface area contributed by atoms with Gasteiger partial charge in [0.15, 0.2) is 6.61 Å². The number of benzene rings is 1. The van der Waals surface area contributed by atoms with E-state index in [1.54, 1.807) is 12.1 Å². The van der Waals surface area contributed by atoms with E-state index in [2.05, 4.69) is 23.7 Å². The Bertz CT molecular complexity index is 830. The summed E-state index contributed by atoms with van der Waals surface area (Å²) < 4.78 is 7.25. The van der Waals surface area contributed by atoms with E-state index in [0.29, 0.717) is 16.3 Å². The van der Waals surface area contributed by atoms with Gasteiger partial charge in [-0.2, -0.15) is 0 Å². The first-order valence-electron chi connectivity index (χ1n) is 8.54. The standard InChI is InChI=1S/C20H25ClN2O3/c1-11(2)23-14(5)9-16(15(23)6)20(25)26-10-18(24)22-19-13(4)7-12(3)8-17(19)21/h7-9,11H,10H2,1-6H3,(H,22,24). The van der Waals surface area contributed by atoms with E-state index in [1.165, 1.54) is 0 Å². The first-order valence-corrected chi connectivity index (χ1v) is 8.91. The number of rotatable bonds is 5. The van der Waals surface area contributed by atoms with Crippen LogP contribution in [0.4, 0.5) is 5.69 Å². The molecule has 2 rings (SSSR count). The lowest BCUT2D eigenvalue weighted by Crippen LogP contribution is -2.22. The van der Waals surface area contributed by atoms with Crippen LogP contribution in [0.1, 0.15) is 52.8 Å². The van der Waals surface area contributed by atoms with Crippen molar-refractivity contribution in [2.45, 2.75) is 47.6 Å². The van der Waals surface area contributed by atoms with Crippen LogP contribution in [0.25, 0.3) is 0 Å². The number of anilines is 1. The Balaban J connectivity index is 2.04. The Kier molecular flexibility index (Phi) is 6.13. The molecule has 6 heteroatoms. The molecular formula is C20H25ClN2O3. The summed E-state index contributed by atoms with van der Waals surface area (Å²) in [6, 6.07) is 5.73. The normalized spacial score (nSPS) is 10.9. The number of esters is 1. The summed E-state index contributed by atoms with van der Waals surface area (Å²) in [5.41, 5.74) is 4.70. The van der Waals surface area contributed by atoms with E-state index in [-0.39, 0.29) is 12.6 Å². The molecule has 0 aliphatic carbocycles. The lowest BCUT2D eigenvalue weighted by Gasteiger charge is -2.14. The van der Waals surface area contributed by atoms with Crippen LogP contribution in [0.5, 0.6) is 0 Å².